The third-order valence-electron chi connectivity index (χ3n) is 2.29. The molecule has 0 spiro atoms. The van der Waals surface area contributed by atoms with Crippen LogP contribution in [0.1, 0.15) is 34.1 Å². The van der Waals surface area contributed by atoms with Crippen LogP contribution < -0.4 is 5.32 Å². The van der Waals surface area contributed by atoms with Crippen LogP contribution in [0, 0.1) is 5.41 Å². The van der Waals surface area contributed by atoms with Crippen molar-refractivity contribution in [1.82, 2.24) is 5.32 Å². The summed E-state index contributed by atoms with van der Waals surface area (Å²) in [7, 11) is 1.32. The zero-order chi connectivity index (χ0) is 14.4. The lowest BCUT2D eigenvalue weighted by molar-refractivity contribution is -0.151. The van der Waals surface area contributed by atoms with Crippen molar-refractivity contribution >= 4 is 12.1 Å². The minimum Gasteiger partial charge on any atom is -0.469 e. The minimum atomic E-state index is -0.826. The van der Waals surface area contributed by atoms with Gasteiger partial charge in [-0.3, -0.25) is 4.79 Å². The average molecular weight is 257 g/mol. The Kier molecular flexibility index (Phi) is 5.88. The van der Waals surface area contributed by atoms with Crippen molar-refractivity contribution < 1.29 is 19.1 Å². The van der Waals surface area contributed by atoms with Crippen LogP contribution in [0.2, 0.25) is 0 Å². The highest BCUT2D eigenvalue weighted by molar-refractivity contribution is 5.78. The third-order valence-corrected chi connectivity index (χ3v) is 2.29. The summed E-state index contributed by atoms with van der Waals surface area (Å²) in [6, 6.07) is 0. The smallest absolute Gasteiger partial charge is 0.407 e. The minimum absolute atomic E-state index is 0.139. The van der Waals surface area contributed by atoms with Gasteiger partial charge in [0, 0.05) is 6.54 Å². The fraction of sp³-hybridized carbons (Fsp3) is 0.692. The Balaban J connectivity index is 4.49. The molecular formula is C13H23NO4. The Labute approximate surface area is 109 Å². The Bertz CT molecular complexity index is 319. The highest BCUT2D eigenvalue weighted by Crippen LogP contribution is 2.22. The van der Waals surface area contributed by atoms with Crippen LogP contribution in [0.3, 0.4) is 0 Å². The molecule has 0 rings (SSSR count). The van der Waals surface area contributed by atoms with E-state index in [2.05, 4.69) is 11.9 Å². The van der Waals surface area contributed by atoms with Crippen LogP contribution in [0.15, 0.2) is 12.7 Å². The second kappa shape index (κ2) is 6.42. The number of carbonyl (C=O) groups excluding carboxylic acids is 2. The lowest BCUT2D eigenvalue weighted by Gasteiger charge is -2.26. The number of ether oxygens (including phenoxy) is 2. The maximum atomic E-state index is 11.7. The number of allylic oxidation sites excluding steroid dienone is 1. The van der Waals surface area contributed by atoms with E-state index in [1.54, 1.807) is 33.8 Å². The van der Waals surface area contributed by atoms with Crippen molar-refractivity contribution in [3.05, 3.63) is 12.7 Å². The molecule has 0 aromatic rings. The first-order valence-electron chi connectivity index (χ1n) is 5.81. The molecule has 1 amide bonds. The molecule has 0 heterocycles. The Morgan fingerprint density at radius 1 is 1.28 bits per heavy atom. The monoisotopic (exact) mass is 257 g/mol. The van der Waals surface area contributed by atoms with Crippen LogP contribution >= 0.6 is 0 Å². The van der Waals surface area contributed by atoms with Crippen molar-refractivity contribution in [2.75, 3.05) is 13.7 Å². The zero-order valence-electron chi connectivity index (χ0n) is 11.8. The summed E-state index contributed by atoms with van der Waals surface area (Å²) in [5.74, 6) is -0.390. The molecule has 5 heteroatoms. The van der Waals surface area contributed by atoms with E-state index in [0.717, 1.165) is 0 Å². The van der Waals surface area contributed by atoms with Gasteiger partial charge >= 0.3 is 12.1 Å². The molecule has 0 saturated heterocycles. The van der Waals surface area contributed by atoms with Gasteiger partial charge in [-0.1, -0.05) is 6.08 Å². The van der Waals surface area contributed by atoms with Gasteiger partial charge in [-0.25, -0.2) is 4.79 Å². The normalized spacial score (nSPS) is 14.3. The van der Waals surface area contributed by atoms with E-state index in [1.165, 1.54) is 7.11 Å². The van der Waals surface area contributed by atoms with Gasteiger partial charge < -0.3 is 14.8 Å². The molecule has 0 aliphatic rings. The van der Waals surface area contributed by atoms with Gasteiger partial charge in [0.25, 0.3) is 0 Å². The van der Waals surface area contributed by atoms with E-state index < -0.39 is 23.1 Å². The first-order chi connectivity index (χ1) is 8.14. The number of hydrogen-bond donors (Lipinski definition) is 1. The van der Waals surface area contributed by atoms with E-state index in [-0.39, 0.29) is 6.54 Å². The molecule has 0 aromatic heterocycles. The number of carbonyl (C=O) groups is 2. The Hall–Kier alpha value is -1.52. The van der Waals surface area contributed by atoms with Crippen molar-refractivity contribution in [2.45, 2.75) is 39.7 Å². The summed E-state index contributed by atoms with van der Waals surface area (Å²) >= 11 is 0. The number of hydrogen-bond acceptors (Lipinski definition) is 4. The molecule has 1 unspecified atom stereocenters. The van der Waals surface area contributed by atoms with E-state index in [1.807, 2.05) is 0 Å². The predicted octanol–water partition coefficient (Wildman–Crippen LogP) is 2.27. The van der Waals surface area contributed by atoms with Crippen LogP contribution in [0.5, 0.6) is 0 Å². The molecule has 1 atom stereocenters. The van der Waals surface area contributed by atoms with E-state index in [0.29, 0.717) is 6.42 Å². The van der Waals surface area contributed by atoms with Gasteiger partial charge in [-0.05, 0) is 34.1 Å². The fourth-order valence-electron chi connectivity index (χ4n) is 1.37. The molecule has 0 saturated carbocycles. The number of esters is 1. The second-order valence-electron chi connectivity index (χ2n) is 5.40. The molecule has 1 N–H and O–H groups in total. The van der Waals surface area contributed by atoms with Crippen molar-refractivity contribution in [2.24, 2.45) is 5.41 Å². The maximum Gasteiger partial charge on any atom is 0.407 e. The highest BCUT2D eigenvalue weighted by Gasteiger charge is 2.34. The summed E-state index contributed by atoms with van der Waals surface area (Å²) in [5, 5.41) is 2.57. The lowest BCUT2D eigenvalue weighted by atomic mass is 9.87. The number of rotatable bonds is 5. The molecule has 5 nitrogen and oxygen atoms in total. The number of nitrogens with one attached hydrogen (secondary N) is 1. The fourth-order valence-corrected chi connectivity index (χ4v) is 1.37. The Morgan fingerprint density at radius 3 is 2.22 bits per heavy atom. The first-order valence-corrected chi connectivity index (χ1v) is 5.81. The quantitative estimate of drug-likeness (QED) is 0.606. The first kappa shape index (κ1) is 16.5. The molecule has 104 valence electrons. The molecule has 0 aliphatic carbocycles. The van der Waals surface area contributed by atoms with Crippen LogP contribution in [-0.2, 0) is 14.3 Å². The summed E-state index contributed by atoms with van der Waals surface area (Å²) in [4.78, 5) is 23.2. The predicted molar refractivity (Wildman–Crippen MR) is 69.2 cm³/mol. The van der Waals surface area contributed by atoms with Gasteiger partial charge in [-0.2, -0.15) is 0 Å². The molecule has 0 aliphatic heterocycles. The van der Waals surface area contributed by atoms with E-state index in [9.17, 15) is 9.59 Å². The molecular weight excluding hydrogens is 234 g/mol. The van der Waals surface area contributed by atoms with E-state index in [4.69, 9.17) is 9.47 Å². The van der Waals surface area contributed by atoms with Crippen molar-refractivity contribution in [1.29, 1.82) is 0 Å². The highest BCUT2D eigenvalue weighted by atomic mass is 16.6. The average Bonchev–Trinajstić information content (AvgIpc) is 2.23. The van der Waals surface area contributed by atoms with Crippen LogP contribution in [0.4, 0.5) is 4.79 Å². The summed E-state index contributed by atoms with van der Waals surface area (Å²) in [5.41, 5.74) is -1.39. The van der Waals surface area contributed by atoms with E-state index >= 15 is 0 Å². The van der Waals surface area contributed by atoms with Gasteiger partial charge in [0.1, 0.15) is 5.60 Å². The van der Waals surface area contributed by atoms with Crippen LogP contribution in [0.25, 0.3) is 0 Å². The Morgan fingerprint density at radius 2 is 1.83 bits per heavy atom. The van der Waals surface area contributed by atoms with Gasteiger partial charge in [0.2, 0.25) is 0 Å². The van der Waals surface area contributed by atoms with Crippen LogP contribution in [-0.4, -0.2) is 31.3 Å². The third kappa shape index (κ3) is 5.70. The standard InChI is InChI=1S/C13H23NO4/c1-7-8-13(5,10(15)17-6)9-14-11(16)18-12(2,3)4/h7H,1,8-9H2,2-6H3,(H,14,16). The zero-order valence-corrected chi connectivity index (χ0v) is 11.8. The molecule has 0 bridgehead atoms. The number of alkyl carbamates (subject to hydrolysis) is 1. The summed E-state index contributed by atoms with van der Waals surface area (Å²) in [6.45, 7) is 10.8. The second-order valence-corrected chi connectivity index (χ2v) is 5.40. The summed E-state index contributed by atoms with van der Waals surface area (Å²) in [6.07, 6.45) is 1.48. The SMILES string of the molecule is C=CCC(C)(CNC(=O)OC(C)(C)C)C(=O)OC. The maximum absolute atomic E-state index is 11.7. The summed E-state index contributed by atoms with van der Waals surface area (Å²) < 4.78 is 9.82. The van der Waals surface area contributed by atoms with Crippen molar-refractivity contribution in [3.63, 3.8) is 0 Å². The molecule has 18 heavy (non-hydrogen) atoms. The van der Waals surface area contributed by atoms with Gasteiger partial charge in [0.05, 0.1) is 12.5 Å². The number of methoxy groups -OCH3 is 1. The van der Waals surface area contributed by atoms with Gasteiger partial charge in [-0.15, -0.1) is 6.58 Å². The molecule has 0 radical (unpaired) electrons. The molecule has 0 aromatic carbocycles. The number of amides is 1. The lowest BCUT2D eigenvalue weighted by Crippen LogP contribution is -2.43. The van der Waals surface area contributed by atoms with Gasteiger partial charge in [0.15, 0.2) is 0 Å². The largest absolute Gasteiger partial charge is 0.469 e. The topological polar surface area (TPSA) is 64.6 Å². The van der Waals surface area contributed by atoms with Crippen molar-refractivity contribution in [3.8, 4) is 0 Å². The molecule has 0 fully saturated rings.